The summed E-state index contributed by atoms with van der Waals surface area (Å²) >= 11 is 0. The third kappa shape index (κ3) is 4.27. The molecule has 250 valence electrons. The molecule has 48 heavy (non-hydrogen) atoms. The molecule has 0 amide bonds. The first kappa shape index (κ1) is 31.6. The highest BCUT2D eigenvalue weighted by Crippen LogP contribution is 2.70. The van der Waals surface area contributed by atoms with Gasteiger partial charge in [0.05, 0.1) is 51.2 Å². The zero-order chi connectivity index (χ0) is 33.8. The number of methoxy groups -OCH3 is 5. The molecule has 11 nitrogen and oxygen atoms in total. The highest BCUT2D eigenvalue weighted by molar-refractivity contribution is 6.11. The van der Waals surface area contributed by atoms with E-state index >= 15 is 0 Å². The van der Waals surface area contributed by atoms with E-state index < -0.39 is 41.5 Å². The Bertz CT molecular complexity index is 1830. The molecule has 3 aromatic rings. The predicted molar refractivity (Wildman–Crippen MR) is 170 cm³/mol. The number of ether oxygens (including phenoxy) is 9. The molecule has 0 bridgehead atoms. The van der Waals surface area contributed by atoms with Gasteiger partial charge < -0.3 is 42.6 Å². The summed E-state index contributed by atoms with van der Waals surface area (Å²) in [7, 11) is 7.23. The van der Waals surface area contributed by atoms with Crippen LogP contribution >= 0.6 is 0 Å². The van der Waals surface area contributed by atoms with Gasteiger partial charge in [0.15, 0.2) is 17.3 Å². The first-order chi connectivity index (χ1) is 23.3. The highest BCUT2D eigenvalue weighted by atomic mass is 16.7. The molecule has 0 fully saturated rings. The molecule has 0 radical (unpaired) electrons. The molecule has 1 aliphatic carbocycles. The molecule has 0 unspecified atom stereocenters. The fourth-order valence-corrected chi connectivity index (χ4v) is 7.49. The summed E-state index contributed by atoms with van der Waals surface area (Å²) in [5, 5.41) is 0. The van der Waals surface area contributed by atoms with E-state index in [2.05, 4.69) is 0 Å². The average molecular weight is 657 g/mol. The molecule has 5 atom stereocenters. The van der Waals surface area contributed by atoms with Gasteiger partial charge in [0.1, 0.15) is 18.0 Å². The molecular formula is C37H36O11. The Morgan fingerprint density at radius 2 is 1.46 bits per heavy atom. The predicted octanol–water partition coefficient (Wildman–Crippen LogP) is 5.94. The summed E-state index contributed by atoms with van der Waals surface area (Å²) in [4.78, 5) is 26.9. The Balaban J connectivity index is 1.56. The lowest BCUT2D eigenvalue weighted by Crippen LogP contribution is -2.63. The first-order valence-corrected chi connectivity index (χ1v) is 15.6. The lowest BCUT2D eigenvalue weighted by Gasteiger charge is -2.49. The van der Waals surface area contributed by atoms with Crippen molar-refractivity contribution in [3.63, 3.8) is 0 Å². The van der Waals surface area contributed by atoms with Crippen LogP contribution in [0.25, 0.3) is 0 Å². The number of benzene rings is 3. The second-order valence-electron chi connectivity index (χ2n) is 11.7. The molecular weight excluding hydrogens is 620 g/mol. The number of hydrogen-bond donors (Lipinski definition) is 0. The van der Waals surface area contributed by atoms with E-state index in [4.69, 9.17) is 42.6 Å². The van der Waals surface area contributed by atoms with Crippen LogP contribution in [0.15, 0.2) is 83.8 Å². The van der Waals surface area contributed by atoms with E-state index in [0.29, 0.717) is 17.5 Å². The normalized spacial score (nSPS) is 26.8. The van der Waals surface area contributed by atoms with Gasteiger partial charge in [-0.15, -0.1) is 0 Å². The van der Waals surface area contributed by atoms with Gasteiger partial charge >= 0.3 is 5.97 Å². The van der Waals surface area contributed by atoms with Crippen molar-refractivity contribution < 1.29 is 52.2 Å². The van der Waals surface area contributed by atoms with E-state index in [-0.39, 0.29) is 46.5 Å². The highest BCUT2D eigenvalue weighted by Gasteiger charge is 2.76. The van der Waals surface area contributed by atoms with E-state index in [1.807, 2.05) is 60.7 Å². The second kappa shape index (κ2) is 11.9. The van der Waals surface area contributed by atoms with Gasteiger partial charge in [-0.3, -0.25) is 9.59 Å². The smallest absolute Gasteiger partial charge is 0.303 e. The van der Waals surface area contributed by atoms with Gasteiger partial charge in [-0.2, -0.15) is 0 Å². The van der Waals surface area contributed by atoms with Gasteiger partial charge in [0.25, 0.3) is 5.79 Å². The summed E-state index contributed by atoms with van der Waals surface area (Å²) in [6.07, 6.45) is 0.459. The van der Waals surface area contributed by atoms with Crippen LogP contribution < -0.4 is 18.9 Å². The third-order valence-corrected chi connectivity index (χ3v) is 9.38. The topological polar surface area (TPSA) is 117 Å². The van der Waals surface area contributed by atoms with Crippen LogP contribution in [-0.4, -0.2) is 53.1 Å². The average Bonchev–Trinajstić information content (AvgIpc) is 3.40. The van der Waals surface area contributed by atoms with Crippen LogP contribution in [0.5, 0.6) is 23.0 Å². The van der Waals surface area contributed by atoms with E-state index in [1.165, 1.54) is 42.5 Å². The van der Waals surface area contributed by atoms with Crippen molar-refractivity contribution in [1.29, 1.82) is 0 Å². The van der Waals surface area contributed by atoms with Crippen molar-refractivity contribution in [2.24, 2.45) is 0 Å². The number of ketones is 1. The minimum Gasteiger partial charge on any atom is -0.494 e. The van der Waals surface area contributed by atoms with Crippen molar-refractivity contribution in [3.05, 3.63) is 106 Å². The molecule has 11 heteroatoms. The monoisotopic (exact) mass is 656 g/mol. The summed E-state index contributed by atoms with van der Waals surface area (Å²) in [6, 6.07) is 19.2. The van der Waals surface area contributed by atoms with Crippen LogP contribution in [-0.2, 0) is 38.9 Å². The molecule has 0 N–H and O–H groups in total. The van der Waals surface area contributed by atoms with E-state index in [0.717, 1.165) is 11.1 Å². The van der Waals surface area contributed by atoms with Gasteiger partial charge in [-0.05, 0) is 17.5 Å². The SMILES string of the molecule is COC1=C(OC)[C@]2(OC)c3c(OC)c(OC)c4c(c3O[C@@]23O[C@@H](c2ccccc2)CC=C3C1=O)[C@@H](OC(C)=O)C[C@H](c1ccccc1)O4. The minimum absolute atomic E-state index is 0.00495. The van der Waals surface area contributed by atoms with Crippen molar-refractivity contribution in [2.45, 2.75) is 49.5 Å². The van der Waals surface area contributed by atoms with Crippen LogP contribution in [0, 0.1) is 0 Å². The van der Waals surface area contributed by atoms with Crippen LogP contribution in [0.3, 0.4) is 0 Å². The Morgan fingerprint density at radius 1 is 0.812 bits per heavy atom. The fourth-order valence-electron chi connectivity index (χ4n) is 7.49. The van der Waals surface area contributed by atoms with Crippen molar-refractivity contribution >= 4 is 11.8 Å². The summed E-state index contributed by atoms with van der Waals surface area (Å²) in [6.45, 7) is 1.34. The summed E-state index contributed by atoms with van der Waals surface area (Å²) < 4.78 is 57.0. The number of carbonyl (C=O) groups excluding carboxylic acids is 2. The summed E-state index contributed by atoms with van der Waals surface area (Å²) in [5.41, 5.74) is 0.730. The Hall–Kier alpha value is -5.00. The first-order valence-electron chi connectivity index (χ1n) is 15.6. The zero-order valence-corrected chi connectivity index (χ0v) is 27.5. The van der Waals surface area contributed by atoms with Crippen LogP contribution in [0.4, 0.5) is 0 Å². The molecule has 0 aromatic heterocycles. The van der Waals surface area contributed by atoms with Gasteiger partial charge in [-0.25, -0.2) is 0 Å². The molecule has 3 aromatic carbocycles. The zero-order valence-electron chi connectivity index (χ0n) is 27.5. The summed E-state index contributed by atoms with van der Waals surface area (Å²) in [5.74, 6) is -2.20. The largest absolute Gasteiger partial charge is 0.494 e. The van der Waals surface area contributed by atoms with Gasteiger partial charge in [0, 0.05) is 20.5 Å². The van der Waals surface area contributed by atoms with Gasteiger partial charge in [-0.1, -0.05) is 66.7 Å². The number of allylic oxidation sites excluding steroid dienone is 1. The standard InChI is InChI=1S/C37H36O11/c1-20(38)45-26-19-25(22-15-11-8-12-16-22)46-31-27(26)30-28(32(40-2)34(31)42-4)36(44-6)35(43-5)33(41-3)29(39)23-17-18-24(47-37(23,36)48-30)21-13-9-7-10-14-21/h7-17,24-26H,18-19H2,1-6H3/t24-,25-,26+,36-,37-/m1/s1. The van der Waals surface area contributed by atoms with Crippen LogP contribution in [0.2, 0.25) is 0 Å². The van der Waals surface area contributed by atoms with Crippen molar-refractivity contribution in [2.75, 3.05) is 35.5 Å². The van der Waals surface area contributed by atoms with Crippen LogP contribution in [0.1, 0.15) is 60.3 Å². The number of rotatable bonds is 8. The number of esters is 1. The molecule has 0 saturated heterocycles. The third-order valence-electron chi connectivity index (χ3n) is 9.38. The van der Waals surface area contributed by atoms with Gasteiger partial charge in [0.2, 0.25) is 22.9 Å². The minimum atomic E-state index is -1.95. The maximum atomic E-state index is 14.2. The lowest BCUT2D eigenvalue weighted by atomic mass is 9.72. The molecule has 0 saturated carbocycles. The number of Topliss-reactive ketones (excluding diaryl/α,β-unsaturated/α-hetero) is 1. The van der Waals surface area contributed by atoms with Crippen molar-refractivity contribution in [1.82, 2.24) is 0 Å². The number of hydrogen-bond acceptors (Lipinski definition) is 11. The Labute approximate surface area is 277 Å². The number of carbonyl (C=O) groups is 2. The quantitative estimate of drug-likeness (QED) is 0.268. The molecule has 3 heterocycles. The molecule has 1 spiro atoms. The maximum absolute atomic E-state index is 14.2. The molecule has 3 aliphatic heterocycles. The van der Waals surface area contributed by atoms with Crippen molar-refractivity contribution in [3.8, 4) is 23.0 Å². The molecule has 4 aliphatic rings. The van der Waals surface area contributed by atoms with E-state index in [1.54, 1.807) is 6.08 Å². The maximum Gasteiger partial charge on any atom is 0.303 e. The second-order valence-corrected chi connectivity index (χ2v) is 11.7. The Morgan fingerprint density at radius 3 is 2.02 bits per heavy atom. The fraction of sp³-hybridized carbons (Fsp3) is 0.351. The molecule has 7 rings (SSSR count). The Kier molecular flexibility index (Phi) is 7.84. The number of fused-ring (bicyclic) bond motifs is 4. The van der Waals surface area contributed by atoms with E-state index in [9.17, 15) is 9.59 Å². The lowest BCUT2D eigenvalue weighted by molar-refractivity contribution is -0.281.